The van der Waals surface area contributed by atoms with Gasteiger partial charge >= 0.3 is 0 Å². The normalized spacial score (nSPS) is 24.1. The quantitative estimate of drug-likeness (QED) is 0.817. The molecule has 2 rings (SSSR count). The Bertz CT molecular complexity index is 337. The maximum absolute atomic E-state index is 4.44. The van der Waals surface area contributed by atoms with Crippen LogP contribution in [0, 0.1) is 5.92 Å². The zero-order valence-corrected chi connectivity index (χ0v) is 11.9. The lowest BCUT2D eigenvalue weighted by Gasteiger charge is -2.30. The highest BCUT2D eigenvalue weighted by molar-refractivity contribution is 5.26. The molecule has 1 heterocycles. The van der Waals surface area contributed by atoms with Crippen molar-refractivity contribution in [1.29, 1.82) is 0 Å². The summed E-state index contributed by atoms with van der Waals surface area (Å²) < 4.78 is 2.36. The summed E-state index contributed by atoms with van der Waals surface area (Å²) in [6.45, 7) is 5.51. The molecule has 3 nitrogen and oxygen atoms in total. The summed E-state index contributed by atoms with van der Waals surface area (Å²) in [7, 11) is 0. The Balaban J connectivity index is 1.90. The molecule has 1 fully saturated rings. The SMILES string of the molecule is CCCNc1nccn1C1CCC(CCC)CC1. The highest BCUT2D eigenvalue weighted by Gasteiger charge is 2.22. The molecule has 0 radical (unpaired) electrons. The van der Waals surface area contributed by atoms with Crippen LogP contribution in [0.2, 0.25) is 0 Å². The van der Waals surface area contributed by atoms with E-state index in [1.807, 2.05) is 6.20 Å². The predicted octanol–water partition coefficient (Wildman–Crippen LogP) is 4.24. The van der Waals surface area contributed by atoms with Gasteiger partial charge in [-0.3, -0.25) is 0 Å². The van der Waals surface area contributed by atoms with Crippen LogP contribution in [-0.2, 0) is 0 Å². The summed E-state index contributed by atoms with van der Waals surface area (Å²) in [5, 5.41) is 3.43. The molecule has 0 aliphatic heterocycles. The van der Waals surface area contributed by atoms with Crippen LogP contribution in [0.5, 0.6) is 0 Å². The Labute approximate surface area is 111 Å². The lowest BCUT2D eigenvalue weighted by atomic mass is 9.83. The van der Waals surface area contributed by atoms with Crippen LogP contribution in [0.1, 0.15) is 64.8 Å². The van der Waals surface area contributed by atoms with E-state index < -0.39 is 0 Å². The fraction of sp³-hybridized carbons (Fsp3) is 0.800. The highest BCUT2D eigenvalue weighted by Crippen LogP contribution is 2.35. The van der Waals surface area contributed by atoms with E-state index in [-0.39, 0.29) is 0 Å². The van der Waals surface area contributed by atoms with Gasteiger partial charge in [0.05, 0.1) is 0 Å². The molecule has 0 saturated heterocycles. The van der Waals surface area contributed by atoms with Gasteiger partial charge < -0.3 is 9.88 Å². The fourth-order valence-electron chi connectivity index (χ4n) is 3.10. The van der Waals surface area contributed by atoms with Crippen molar-refractivity contribution in [2.75, 3.05) is 11.9 Å². The first-order valence-corrected chi connectivity index (χ1v) is 7.61. The van der Waals surface area contributed by atoms with Crippen LogP contribution in [0.3, 0.4) is 0 Å². The summed E-state index contributed by atoms with van der Waals surface area (Å²) in [5.41, 5.74) is 0. The van der Waals surface area contributed by atoms with Gasteiger partial charge in [-0.2, -0.15) is 0 Å². The maximum atomic E-state index is 4.44. The molecular weight excluding hydrogens is 222 g/mol. The standard InChI is InChI=1S/C15H27N3/c1-3-5-13-6-8-14(9-7-13)18-12-11-17-15(18)16-10-4-2/h11-14H,3-10H2,1-2H3,(H,16,17). The van der Waals surface area contributed by atoms with Crippen LogP contribution in [0.4, 0.5) is 5.95 Å². The van der Waals surface area contributed by atoms with E-state index in [2.05, 4.69) is 34.9 Å². The largest absolute Gasteiger partial charge is 0.356 e. The molecule has 0 unspecified atom stereocenters. The van der Waals surface area contributed by atoms with Gasteiger partial charge in [0.1, 0.15) is 0 Å². The second-order valence-corrected chi connectivity index (χ2v) is 5.55. The molecule has 0 aromatic carbocycles. The zero-order valence-electron chi connectivity index (χ0n) is 11.9. The first-order valence-electron chi connectivity index (χ1n) is 7.61. The molecule has 0 atom stereocenters. The lowest BCUT2D eigenvalue weighted by molar-refractivity contribution is 0.264. The number of hydrogen-bond donors (Lipinski definition) is 1. The average molecular weight is 249 g/mol. The van der Waals surface area contributed by atoms with Crippen LogP contribution < -0.4 is 5.32 Å². The number of anilines is 1. The minimum atomic E-state index is 0.667. The Hall–Kier alpha value is -0.990. The molecule has 0 bridgehead atoms. The molecule has 1 aromatic heterocycles. The fourth-order valence-corrected chi connectivity index (χ4v) is 3.10. The maximum Gasteiger partial charge on any atom is 0.203 e. The van der Waals surface area contributed by atoms with E-state index in [0.29, 0.717) is 6.04 Å². The van der Waals surface area contributed by atoms with E-state index in [4.69, 9.17) is 0 Å². The molecule has 102 valence electrons. The van der Waals surface area contributed by atoms with E-state index in [1.165, 1.54) is 38.5 Å². The van der Waals surface area contributed by atoms with Gasteiger partial charge in [0.15, 0.2) is 0 Å². The van der Waals surface area contributed by atoms with Gasteiger partial charge in [0.2, 0.25) is 5.95 Å². The van der Waals surface area contributed by atoms with Crippen molar-refractivity contribution < 1.29 is 0 Å². The van der Waals surface area contributed by atoms with E-state index in [1.54, 1.807) is 0 Å². The summed E-state index contributed by atoms with van der Waals surface area (Å²) in [6.07, 6.45) is 13.4. The second-order valence-electron chi connectivity index (χ2n) is 5.55. The molecule has 1 N–H and O–H groups in total. The van der Waals surface area contributed by atoms with Crippen molar-refractivity contribution in [3.63, 3.8) is 0 Å². The van der Waals surface area contributed by atoms with Crippen molar-refractivity contribution in [1.82, 2.24) is 9.55 Å². The predicted molar refractivity (Wildman–Crippen MR) is 76.9 cm³/mol. The molecule has 1 saturated carbocycles. The number of imidazole rings is 1. The number of aromatic nitrogens is 2. The van der Waals surface area contributed by atoms with Gasteiger partial charge in [-0.15, -0.1) is 0 Å². The first kappa shape index (κ1) is 13.4. The monoisotopic (exact) mass is 249 g/mol. The molecular formula is C15H27N3. The Morgan fingerprint density at radius 3 is 2.67 bits per heavy atom. The second kappa shape index (κ2) is 6.81. The number of rotatable bonds is 6. The zero-order chi connectivity index (χ0) is 12.8. The van der Waals surface area contributed by atoms with Gasteiger partial charge in [-0.1, -0.05) is 26.7 Å². The molecule has 0 spiro atoms. The van der Waals surface area contributed by atoms with Crippen molar-refractivity contribution in [2.45, 2.75) is 64.8 Å². The number of nitrogens with one attached hydrogen (secondary N) is 1. The van der Waals surface area contributed by atoms with Gasteiger partial charge in [0.25, 0.3) is 0 Å². The van der Waals surface area contributed by atoms with E-state index in [9.17, 15) is 0 Å². The van der Waals surface area contributed by atoms with Crippen LogP contribution in [-0.4, -0.2) is 16.1 Å². The Kier molecular flexibility index (Phi) is 5.09. The highest BCUT2D eigenvalue weighted by atomic mass is 15.2. The van der Waals surface area contributed by atoms with Crippen molar-refractivity contribution >= 4 is 5.95 Å². The summed E-state index contributed by atoms with van der Waals surface area (Å²) >= 11 is 0. The van der Waals surface area contributed by atoms with Crippen LogP contribution in [0.25, 0.3) is 0 Å². The lowest BCUT2D eigenvalue weighted by Crippen LogP contribution is -2.19. The minimum Gasteiger partial charge on any atom is -0.356 e. The molecule has 1 aliphatic rings. The molecule has 18 heavy (non-hydrogen) atoms. The average Bonchev–Trinajstić information content (AvgIpc) is 2.86. The molecule has 1 aromatic rings. The Morgan fingerprint density at radius 2 is 2.00 bits per heavy atom. The number of nitrogens with zero attached hydrogens (tertiary/aromatic N) is 2. The third-order valence-corrected chi connectivity index (χ3v) is 4.11. The summed E-state index contributed by atoms with van der Waals surface area (Å²) in [4.78, 5) is 4.44. The van der Waals surface area contributed by atoms with Crippen molar-refractivity contribution in [3.05, 3.63) is 12.4 Å². The van der Waals surface area contributed by atoms with E-state index >= 15 is 0 Å². The smallest absolute Gasteiger partial charge is 0.203 e. The first-order chi connectivity index (χ1) is 8.85. The molecule has 1 aliphatic carbocycles. The topological polar surface area (TPSA) is 29.9 Å². The van der Waals surface area contributed by atoms with Gasteiger partial charge in [-0.05, 0) is 38.0 Å². The van der Waals surface area contributed by atoms with Crippen molar-refractivity contribution in [3.8, 4) is 0 Å². The third kappa shape index (κ3) is 3.27. The van der Waals surface area contributed by atoms with Crippen LogP contribution in [0.15, 0.2) is 12.4 Å². The third-order valence-electron chi connectivity index (χ3n) is 4.11. The minimum absolute atomic E-state index is 0.667. The van der Waals surface area contributed by atoms with E-state index in [0.717, 1.165) is 24.8 Å². The van der Waals surface area contributed by atoms with Gasteiger partial charge in [-0.25, -0.2) is 4.98 Å². The number of hydrogen-bond acceptors (Lipinski definition) is 2. The van der Waals surface area contributed by atoms with Crippen LogP contribution >= 0.6 is 0 Å². The van der Waals surface area contributed by atoms with Crippen molar-refractivity contribution in [2.24, 2.45) is 5.92 Å². The summed E-state index contributed by atoms with van der Waals surface area (Å²) in [6, 6.07) is 0.667. The molecule has 3 heteroatoms. The summed E-state index contributed by atoms with van der Waals surface area (Å²) in [5.74, 6) is 2.04. The Morgan fingerprint density at radius 1 is 1.22 bits per heavy atom. The van der Waals surface area contributed by atoms with Gasteiger partial charge in [0, 0.05) is 25.0 Å². The molecule has 0 amide bonds.